The lowest BCUT2D eigenvalue weighted by Crippen LogP contribution is -2.24. The summed E-state index contributed by atoms with van der Waals surface area (Å²) in [7, 11) is 2.04. The quantitative estimate of drug-likeness (QED) is 0.791. The molecule has 0 fully saturated rings. The van der Waals surface area contributed by atoms with Gasteiger partial charge in [-0.05, 0) is 44.9 Å². The number of benzene rings is 1. The highest BCUT2D eigenvalue weighted by Gasteiger charge is 2.14. The molecule has 1 aromatic carbocycles. The second-order valence-electron chi connectivity index (χ2n) is 5.92. The number of aromatic nitrogens is 2. The van der Waals surface area contributed by atoms with E-state index in [0.717, 1.165) is 25.2 Å². The first kappa shape index (κ1) is 15.8. The van der Waals surface area contributed by atoms with Crippen molar-refractivity contribution >= 4 is 0 Å². The van der Waals surface area contributed by atoms with Gasteiger partial charge in [0, 0.05) is 25.2 Å². The summed E-state index contributed by atoms with van der Waals surface area (Å²) in [4.78, 5) is 0. The average Bonchev–Trinajstić information content (AvgIpc) is 2.77. The molecule has 2 rings (SSSR count). The van der Waals surface area contributed by atoms with Gasteiger partial charge in [-0.2, -0.15) is 5.10 Å². The summed E-state index contributed by atoms with van der Waals surface area (Å²) in [6, 6.07) is 11.1. The Labute approximate surface area is 128 Å². The number of nitrogens with one attached hydrogen (secondary N) is 1. The topological polar surface area (TPSA) is 29.9 Å². The zero-order chi connectivity index (χ0) is 15.2. The van der Waals surface area contributed by atoms with Crippen molar-refractivity contribution in [2.24, 2.45) is 7.05 Å². The summed E-state index contributed by atoms with van der Waals surface area (Å²) in [5.74, 6) is 0.493. The fraction of sp³-hybridized carbons (Fsp3) is 0.500. The average molecular weight is 285 g/mol. The number of aryl methyl sites for hydroxylation is 3. The zero-order valence-electron chi connectivity index (χ0n) is 13.7. The summed E-state index contributed by atoms with van der Waals surface area (Å²) >= 11 is 0. The Kier molecular flexibility index (Phi) is 5.57. The lowest BCUT2D eigenvalue weighted by molar-refractivity contribution is 0.557. The fourth-order valence-corrected chi connectivity index (χ4v) is 2.71. The van der Waals surface area contributed by atoms with Gasteiger partial charge in [-0.3, -0.25) is 4.68 Å². The second-order valence-corrected chi connectivity index (χ2v) is 5.92. The molecule has 0 aliphatic rings. The predicted octanol–water partition coefficient (Wildman–Crippen LogP) is 3.36. The van der Waals surface area contributed by atoms with E-state index in [9.17, 15) is 0 Å². The van der Waals surface area contributed by atoms with Gasteiger partial charge in [-0.25, -0.2) is 0 Å². The van der Waals surface area contributed by atoms with Crippen LogP contribution >= 0.6 is 0 Å². The molecule has 0 amide bonds. The van der Waals surface area contributed by atoms with Crippen LogP contribution in [0.15, 0.2) is 30.3 Å². The van der Waals surface area contributed by atoms with Crippen LogP contribution < -0.4 is 5.32 Å². The van der Waals surface area contributed by atoms with E-state index in [2.05, 4.69) is 61.5 Å². The van der Waals surface area contributed by atoms with Crippen LogP contribution in [0, 0.1) is 13.8 Å². The molecule has 0 spiro atoms. The smallest absolute Gasteiger partial charge is 0.0596 e. The van der Waals surface area contributed by atoms with E-state index < -0.39 is 0 Å². The van der Waals surface area contributed by atoms with Crippen LogP contribution in [-0.2, 0) is 13.5 Å². The van der Waals surface area contributed by atoms with Crippen LogP contribution in [0.25, 0.3) is 0 Å². The maximum atomic E-state index is 4.46. The summed E-state index contributed by atoms with van der Waals surface area (Å²) in [5.41, 5.74) is 5.12. The zero-order valence-corrected chi connectivity index (χ0v) is 13.7. The van der Waals surface area contributed by atoms with Crippen molar-refractivity contribution in [1.29, 1.82) is 0 Å². The summed E-state index contributed by atoms with van der Waals surface area (Å²) < 4.78 is 2.01. The molecule has 1 heterocycles. The van der Waals surface area contributed by atoms with Gasteiger partial charge in [0.25, 0.3) is 0 Å². The van der Waals surface area contributed by atoms with E-state index >= 15 is 0 Å². The first-order valence-corrected chi connectivity index (χ1v) is 7.87. The highest BCUT2D eigenvalue weighted by molar-refractivity contribution is 5.26. The van der Waals surface area contributed by atoms with E-state index in [4.69, 9.17) is 0 Å². The standard InChI is InChI=1S/C18H27N3/c1-5-10-19-13-17(16-8-6-14(2)7-9-16)12-18-11-15(3)20-21(18)4/h6-9,11,17,19H,5,10,12-13H2,1-4H3. The van der Waals surface area contributed by atoms with Gasteiger partial charge in [0.05, 0.1) is 5.69 Å². The normalized spacial score (nSPS) is 12.6. The first-order chi connectivity index (χ1) is 10.1. The highest BCUT2D eigenvalue weighted by Crippen LogP contribution is 2.21. The van der Waals surface area contributed by atoms with Gasteiger partial charge in [-0.1, -0.05) is 36.8 Å². The minimum atomic E-state index is 0.493. The Balaban J connectivity index is 2.15. The van der Waals surface area contributed by atoms with Crippen molar-refractivity contribution in [2.45, 2.75) is 39.5 Å². The SMILES string of the molecule is CCCNCC(Cc1cc(C)nn1C)c1ccc(C)cc1. The van der Waals surface area contributed by atoms with Gasteiger partial charge in [0.2, 0.25) is 0 Å². The molecular weight excluding hydrogens is 258 g/mol. The Morgan fingerprint density at radius 2 is 1.90 bits per heavy atom. The molecule has 1 unspecified atom stereocenters. The molecule has 2 aromatic rings. The number of hydrogen-bond acceptors (Lipinski definition) is 2. The Bertz CT molecular complexity index is 554. The van der Waals surface area contributed by atoms with Crippen molar-refractivity contribution < 1.29 is 0 Å². The van der Waals surface area contributed by atoms with Gasteiger partial charge in [-0.15, -0.1) is 0 Å². The minimum Gasteiger partial charge on any atom is -0.316 e. The third-order valence-corrected chi connectivity index (χ3v) is 3.92. The van der Waals surface area contributed by atoms with Gasteiger partial charge < -0.3 is 5.32 Å². The van der Waals surface area contributed by atoms with Crippen LogP contribution in [0.4, 0.5) is 0 Å². The minimum absolute atomic E-state index is 0.493. The molecule has 1 atom stereocenters. The summed E-state index contributed by atoms with van der Waals surface area (Å²) in [5, 5.41) is 8.03. The molecule has 21 heavy (non-hydrogen) atoms. The van der Waals surface area contributed by atoms with Gasteiger partial charge >= 0.3 is 0 Å². The van der Waals surface area contributed by atoms with Crippen molar-refractivity contribution in [3.05, 3.63) is 52.8 Å². The largest absolute Gasteiger partial charge is 0.316 e. The maximum Gasteiger partial charge on any atom is 0.0596 e. The van der Waals surface area contributed by atoms with Crippen molar-refractivity contribution in [1.82, 2.24) is 15.1 Å². The monoisotopic (exact) mass is 285 g/mol. The molecule has 0 aliphatic heterocycles. The van der Waals surface area contributed by atoms with E-state index in [-0.39, 0.29) is 0 Å². The molecule has 1 N–H and O–H groups in total. The molecule has 0 saturated carbocycles. The lowest BCUT2D eigenvalue weighted by atomic mass is 9.93. The summed E-state index contributed by atoms with van der Waals surface area (Å²) in [6.07, 6.45) is 2.20. The van der Waals surface area contributed by atoms with Crippen LogP contribution in [0.1, 0.15) is 41.8 Å². The van der Waals surface area contributed by atoms with E-state index in [1.54, 1.807) is 0 Å². The molecule has 0 saturated heterocycles. The molecular formula is C18H27N3. The highest BCUT2D eigenvalue weighted by atomic mass is 15.3. The van der Waals surface area contributed by atoms with Crippen LogP contribution in [0.2, 0.25) is 0 Å². The predicted molar refractivity (Wildman–Crippen MR) is 88.7 cm³/mol. The lowest BCUT2D eigenvalue weighted by Gasteiger charge is -2.18. The number of rotatable bonds is 7. The molecule has 3 nitrogen and oxygen atoms in total. The number of hydrogen-bond donors (Lipinski definition) is 1. The van der Waals surface area contributed by atoms with E-state index in [1.165, 1.54) is 23.2 Å². The molecule has 0 bridgehead atoms. The van der Waals surface area contributed by atoms with Crippen molar-refractivity contribution in [3.8, 4) is 0 Å². The number of nitrogens with zero attached hydrogens (tertiary/aromatic N) is 2. The van der Waals surface area contributed by atoms with Crippen LogP contribution in [0.3, 0.4) is 0 Å². The molecule has 114 valence electrons. The Morgan fingerprint density at radius 1 is 1.19 bits per heavy atom. The maximum absolute atomic E-state index is 4.46. The van der Waals surface area contributed by atoms with Crippen LogP contribution in [0.5, 0.6) is 0 Å². The Hall–Kier alpha value is -1.61. The third-order valence-electron chi connectivity index (χ3n) is 3.92. The van der Waals surface area contributed by atoms with Crippen LogP contribution in [-0.4, -0.2) is 22.9 Å². The molecule has 0 aliphatic carbocycles. The Morgan fingerprint density at radius 3 is 2.48 bits per heavy atom. The molecule has 0 radical (unpaired) electrons. The fourth-order valence-electron chi connectivity index (χ4n) is 2.71. The summed E-state index contributed by atoms with van der Waals surface area (Å²) in [6.45, 7) is 8.49. The molecule has 1 aromatic heterocycles. The first-order valence-electron chi connectivity index (χ1n) is 7.87. The van der Waals surface area contributed by atoms with E-state index in [1.807, 2.05) is 11.7 Å². The van der Waals surface area contributed by atoms with Crippen molar-refractivity contribution in [2.75, 3.05) is 13.1 Å². The van der Waals surface area contributed by atoms with Gasteiger partial charge in [0.1, 0.15) is 0 Å². The van der Waals surface area contributed by atoms with Crippen molar-refractivity contribution in [3.63, 3.8) is 0 Å². The second kappa shape index (κ2) is 7.41. The van der Waals surface area contributed by atoms with Gasteiger partial charge in [0.15, 0.2) is 0 Å². The molecule has 3 heteroatoms. The van der Waals surface area contributed by atoms with E-state index in [0.29, 0.717) is 5.92 Å². The third kappa shape index (κ3) is 4.43.